The van der Waals surface area contributed by atoms with Crippen LogP contribution < -0.4 is 10.5 Å². The number of nitrogen functional groups attached to an aromatic ring is 1. The first kappa shape index (κ1) is 23.4. The zero-order valence-electron chi connectivity index (χ0n) is 20.5. The summed E-state index contributed by atoms with van der Waals surface area (Å²) < 4.78 is 12.9. The molecular formula is C29H32N2O3. The number of rotatable bonds is 6. The van der Waals surface area contributed by atoms with Crippen LogP contribution in [0.15, 0.2) is 66.7 Å². The van der Waals surface area contributed by atoms with E-state index in [0.29, 0.717) is 17.9 Å². The molecule has 0 bridgehead atoms. The Morgan fingerprint density at radius 3 is 2.35 bits per heavy atom. The van der Waals surface area contributed by atoms with Gasteiger partial charge < -0.3 is 19.8 Å². The van der Waals surface area contributed by atoms with Crippen molar-refractivity contribution in [1.82, 2.24) is 4.57 Å². The van der Waals surface area contributed by atoms with Crippen LogP contribution in [0.2, 0.25) is 0 Å². The number of nitrogens with two attached hydrogens (primary N) is 1. The normalized spacial score (nSPS) is 11.6. The second kappa shape index (κ2) is 9.26. The third-order valence-electron chi connectivity index (χ3n) is 6.10. The van der Waals surface area contributed by atoms with Gasteiger partial charge in [0.25, 0.3) is 0 Å². The van der Waals surface area contributed by atoms with Gasteiger partial charge in [-0.05, 0) is 47.2 Å². The van der Waals surface area contributed by atoms with E-state index in [-0.39, 0.29) is 18.0 Å². The molecule has 176 valence electrons. The largest absolute Gasteiger partial charge is 0.497 e. The number of nitrogens with zero attached hydrogens (tertiary/aromatic N) is 1. The first-order valence-corrected chi connectivity index (χ1v) is 11.6. The van der Waals surface area contributed by atoms with E-state index in [1.165, 1.54) is 5.56 Å². The summed E-state index contributed by atoms with van der Waals surface area (Å²) in [5, 5.41) is 0.925. The van der Waals surface area contributed by atoms with Gasteiger partial charge in [-0.1, -0.05) is 69.3 Å². The Hall–Kier alpha value is -3.73. The lowest BCUT2D eigenvalue weighted by Gasteiger charge is -2.19. The number of fused-ring (bicyclic) bond motifs is 1. The van der Waals surface area contributed by atoms with Crippen molar-refractivity contribution in [3.8, 4) is 16.9 Å². The van der Waals surface area contributed by atoms with Gasteiger partial charge in [0, 0.05) is 17.5 Å². The topological polar surface area (TPSA) is 66.5 Å². The molecule has 34 heavy (non-hydrogen) atoms. The van der Waals surface area contributed by atoms with Gasteiger partial charge in [0.05, 0.1) is 24.9 Å². The van der Waals surface area contributed by atoms with Crippen LogP contribution in [0.1, 0.15) is 49.3 Å². The number of anilines is 1. The molecule has 2 N–H and O–H groups in total. The van der Waals surface area contributed by atoms with E-state index < -0.39 is 0 Å². The van der Waals surface area contributed by atoms with Crippen molar-refractivity contribution in [3.63, 3.8) is 0 Å². The Bertz CT molecular complexity index is 1330. The van der Waals surface area contributed by atoms with Gasteiger partial charge in [-0.2, -0.15) is 0 Å². The second-order valence-electron chi connectivity index (χ2n) is 9.45. The molecule has 0 spiro atoms. The maximum atomic E-state index is 13.4. The minimum Gasteiger partial charge on any atom is -0.497 e. The Morgan fingerprint density at radius 1 is 1.00 bits per heavy atom. The number of esters is 1. The fraction of sp³-hybridized carbons (Fsp3) is 0.276. The van der Waals surface area contributed by atoms with E-state index >= 15 is 0 Å². The second-order valence-corrected chi connectivity index (χ2v) is 9.45. The number of para-hydroxylation sites is 1. The third kappa shape index (κ3) is 4.38. The lowest BCUT2D eigenvalue weighted by Crippen LogP contribution is -2.14. The lowest BCUT2D eigenvalue weighted by atomic mass is 9.86. The number of methoxy groups -OCH3 is 1. The summed E-state index contributed by atoms with van der Waals surface area (Å²) in [5.41, 5.74) is 12.5. The van der Waals surface area contributed by atoms with Gasteiger partial charge in [-0.3, -0.25) is 0 Å². The molecule has 3 aromatic carbocycles. The van der Waals surface area contributed by atoms with Crippen LogP contribution in [-0.4, -0.2) is 24.3 Å². The third-order valence-corrected chi connectivity index (χ3v) is 6.10. The van der Waals surface area contributed by atoms with Crippen LogP contribution in [-0.2, 0) is 16.7 Å². The van der Waals surface area contributed by atoms with Crippen LogP contribution in [0.3, 0.4) is 0 Å². The smallest absolute Gasteiger partial charge is 0.355 e. The summed E-state index contributed by atoms with van der Waals surface area (Å²) in [6, 6.07) is 22.1. The minimum absolute atomic E-state index is 0.0350. The predicted octanol–water partition coefficient (Wildman–Crippen LogP) is 6.42. The lowest BCUT2D eigenvalue weighted by molar-refractivity contribution is 0.0516. The molecule has 4 rings (SSSR count). The molecule has 0 aliphatic heterocycles. The van der Waals surface area contributed by atoms with Gasteiger partial charge in [0.2, 0.25) is 0 Å². The zero-order chi connectivity index (χ0) is 24.5. The van der Waals surface area contributed by atoms with Crippen molar-refractivity contribution in [2.45, 2.75) is 39.7 Å². The molecule has 5 nitrogen and oxygen atoms in total. The molecule has 0 saturated carbocycles. The van der Waals surface area contributed by atoms with Gasteiger partial charge in [-0.25, -0.2) is 4.79 Å². The summed E-state index contributed by atoms with van der Waals surface area (Å²) in [6.07, 6.45) is 0. The molecule has 0 atom stereocenters. The predicted molar refractivity (Wildman–Crippen MR) is 139 cm³/mol. The van der Waals surface area contributed by atoms with Gasteiger partial charge in [0.15, 0.2) is 0 Å². The Balaban J connectivity index is 1.99. The quantitative estimate of drug-likeness (QED) is 0.268. The van der Waals surface area contributed by atoms with Crippen molar-refractivity contribution >= 4 is 22.6 Å². The summed E-state index contributed by atoms with van der Waals surface area (Å²) in [4.78, 5) is 13.4. The molecule has 1 aromatic heterocycles. The Labute approximate surface area is 201 Å². The average molecular weight is 457 g/mol. The van der Waals surface area contributed by atoms with E-state index in [9.17, 15) is 4.79 Å². The fourth-order valence-electron chi connectivity index (χ4n) is 4.39. The minimum atomic E-state index is -0.365. The van der Waals surface area contributed by atoms with E-state index in [0.717, 1.165) is 33.3 Å². The number of hydrogen-bond donors (Lipinski definition) is 1. The molecule has 0 radical (unpaired) electrons. The van der Waals surface area contributed by atoms with E-state index in [1.54, 1.807) is 7.11 Å². The van der Waals surface area contributed by atoms with Crippen molar-refractivity contribution in [1.29, 1.82) is 0 Å². The maximum Gasteiger partial charge on any atom is 0.355 e. The molecule has 5 heteroatoms. The first-order valence-electron chi connectivity index (χ1n) is 11.6. The molecule has 0 fully saturated rings. The van der Waals surface area contributed by atoms with Crippen molar-refractivity contribution in [2.24, 2.45) is 0 Å². The van der Waals surface area contributed by atoms with Crippen LogP contribution in [0.25, 0.3) is 22.0 Å². The number of carbonyl (C=O) groups is 1. The SMILES string of the molecule is CCOC(=O)c1c(-c2ccc(C(C)(C)C)cc2)c2cccc(N)c2n1Cc1cccc(OC)c1. The molecule has 1 heterocycles. The Morgan fingerprint density at radius 2 is 1.71 bits per heavy atom. The number of carbonyl (C=O) groups excluding carboxylic acids is 1. The van der Waals surface area contributed by atoms with Gasteiger partial charge in [0.1, 0.15) is 11.4 Å². The van der Waals surface area contributed by atoms with Crippen LogP contribution in [0.5, 0.6) is 5.75 Å². The molecule has 0 aliphatic rings. The first-order chi connectivity index (χ1) is 16.2. The Kier molecular flexibility index (Phi) is 6.38. The molecule has 0 unspecified atom stereocenters. The molecule has 4 aromatic rings. The van der Waals surface area contributed by atoms with Crippen molar-refractivity contribution in [2.75, 3.05) is 19.5 Å². The highest BCUT2D eigenvalue weighted by Gasteiger charge is 2.26. The highest BCUT2D eigenvalue weighted by atomic mass is 16.5. The maximum absolute atomic E-state index is 13.4. The molecule has 0 amide bonds. The molecule has 0 saturated heterocycles. The summed E-state index contributed by atoms with van der Waals surface area (Å²) >= 11 is 0. The van der Waals surface area contributed by atoms with Gasteiger partial charge in [-0.15, -0.1) is 0 Å². The van der Waals surface area contributed by atoms with E-state index in [4.69, 9.17) is 15.2 Å². The number of aromatic nitrogens is 1. The average Bonchev–Trinajstić information content (AvgIpc) is 3.14. The monoisotopic (exact) mass is 456 g/mol. The molecular weight excluding hydrogens is 424 g/mol. The van der Waals surface area contributed by atoms with Crippen LogP contribution >= 0.6 is 0 Å². The highest BCUT2D eigenvalue weighted by molar-refractivity contribution is 6.11. The number of hydrogen-bond acceptors (Lipinski definition) is 4. The standard InChI is InChI=1S/C29H32N2O3/c1-6-34-28(32)27-25(20-13-15-21(16-14-20)29(2,3)4)23-11-8-12-24(30)26(23)31(27)18-19-9-7-10-22(17-19)33-5/h7-17H,6,18,30H2,1-5H3. The summed E-state index contributed by atoms with van der Waals surface area (Å²) in [5.74, 6) is 0.397. The summed E-state index contributed by atoms with van der Waals surface area (Å²) in [7, 11) is 1.64. The number of benzene rings is 3. The fourth-order valence-corrected chi connectivity index (χ4v) is 4.39. The van der Waals surface area contributed by atoms with Crippen molar-refractivity contribution in [3.05, 3.63) is 83.6 Å². The summed E-state index contributed by atoms with van der Waals surface area (Å²) in [6.45, 7) is 9.12. The van der Waals surface area contributed by atoms with Crippen LogP contribution in [0.4, 0.5) is 5.69 Å². The number of ether oxygens (including phenoxy) is 2. The van der Waals surface area contributed by atoms with Crippen molar-refractivity contribution < 1.29 is 14.3 Å². The highest BCUT2D eigenvalue weighted by Crippen LogP contribution is 2.39. The van der Waals surface area contributed by atoms with Crippen LogP contribution in [0, 0.1) is 0 Å². The van der Waals surface area contributed by atoms with E-state index in [1.807, 2.05) is 54.0 Å². The zero-order valence-corrected chi connectivity index (χ0v) is 20.5. The van der Waals surface area contributed by atoms with Gasteiger partial charge >= 0.3 is 5.97 Å². The van der Waals surface area contributed by atoms with E-state index in [2.05, 4.69) is 45.0 Å². The molecule has 0 aliphatic carbocycles.